The summed E-state index contributed by atoms with van der Waals surface area (Å²) in [7, 11) is 0. The molecule has 38 heavy (non-hydrogen) atoms. The Labute approximate surface area is 244 Å². The number of ketones is 1. The van der Waals surface area contributed by atoms with Gasteiger partial charge in [0.1, 0.15) is 0 Å². The summed E-state index contributed by atoms with van der Waals surface area (Å²) in [4.78, 5) is 22.1. The van der Waals surface area contributed by atoms with Crippen LogP contribution in [0.5, 0.6) is 0 Å². The standard InChI is InChI=1S/C14H22O3.C13H12N4O2.2BrH/c1-2-11(14(16)17)7-4-3-5-8-12-9-6-10-13(12)15;18-14-9-12-1-5-16(6-2-12)11-17-7-3-13(4-8-17)10-15-19;;/h9,11H,2-8,10H2,1H3,(H,16,17);1-10H,11H2;2*1H. The van der Waals surface area contributed by atoms with Crippen molar-refractivity contribution in [1.29, 1.82) is 0 Å². The van der Waals surface area contributed by atoms with Crippen molar-refractivity contribution in [2.24, 2.45) is 16.2 Å². The van der Waals surface area contributed by atoms with Gasteiger partial charge in [0.2, 0.25) is 0 Å². The lowest BCUT2D eigenvalue weighted by atomic mass is 9.97. The molecule has 0 aliphatic heterocycles. The first-order chi connectivity index (χ1) is 17.5. The molecule has 2 aromatic rings. The number of allylic oxidation sites excluding steroid dienone is 2. The quantitative estimate of drug-likeness (QED) is 0.0782. The van der Waals surface area contributed by atoms with Crippen LogP contribution >= 0.6 is 0 Å². The number of carboxylic acid groups (broad SMARTS) is 1. The zero-order valence-corrected chi connectivity index (χ0v) is 24.7. The second-order valence-corrected chi connectivity index (χ2v) is 8.66. The summed E-state index contributed by atoms with van der Waals surface area (Å²) in [5.74, 6) is -0.564. The summed E-state index contributed by atoms with van der Waals surface area (Å²) in [5, 5.41) is 31.7. The monoisotopic (exact) mass is 654 g/mol. The predicted octanol–water partition coefficient (Wildman–Crippen LogP) is -2.27. The third-order valence-electron chi connectivity index (χ3n) is 6.04. The molecule has 3 rings (SSSR count). The molecule has 0 radical (unpaired) electrons. The number of aromatic nitrogens is 2. The highest BCUT2D eigenvalue weighted by Crippen LogP contribution is 2.21. The van der Waals surface area contributed by atoms with Crippen molar-refractivity contribution >= 4 is 24.2 Å². The highest BCUT2D eigenvalue weighted by Gasteiger charge is 2.16. The van der Waals surface area contributed by atoms with Gasteiger partial charge in [0.05, 0.1) is 18.3 Å². The molecule has 0 amide bonds. The lowest BCUT2D eigenvalue weighted by molar-refractivity contribution is -0.913. The minimum absolute atomic E-state index is 0. The zero-order chi connectivity index (χ0) is 26.2. The number of rotatable bonds is 12. The van der Waals surface area contributed by atoms with Gasteiger partial charge in [-0.05, 0) is 37.7 Å². The number of Topliss-reactive ketones (excluding diaryl/α,β-unsaturated/α-hetero) is 1. The fourth-order valence-corrected chi connectivity index (χ4v) is 3.90. The maximum atomic E-state index is 11.3. The van der Waals surface area contributed by atoms with E-state index in [9.17, 15) is 9.59 Å². The van der Waals surface area contributed by atoms with E-state index in [1.807, 2.05) is 65.1 Å². The van der Waals surface area contributed by atoms with Crippen LogP contribution in [0.1, 0.15) is 69.4 Å². The van der Waals surface area contributed by atoms with E-state index in [-0.39, 0.29) is 39.9 Å². The minimum atomic E-state index is -0.679. The Bertz CT molecular complexity index is 1000. The molecular weight excluding hydrogens is 620 g/mol. The van der Waals surface area contributed by atoms with Gasteiger partial charge >= 0.3 is 12.6 Å². The molecule has 0 aromatic carbocycles. The molecular formula is C27H36Br2N4O5. The first kappa shape index (κ1) is 35.1. The lowest BCUT2D eigenvalue weighted by Crippen LogP contribution is -3.00. The summed E-state index contributed by atoms with van der Waals surface area (Å²) in [6, 6.07) is 7.42. The van der Waals surface area contributed by atoms with E-state index in [0.29, 0.717) is 25.3 Å². The van der Waals surface area contributed by atoms with Crippen LogP contribution < -0.4 is 43.1 Å². The summed E-state index contributed by atoms with van der Waals surface area (Å²) >= 11 is 0. The number of carbonyl (C=O) groups excluding carboxylic acids is 1. The molecule has 0 bridgehead atoms. The van der Waals surface area contributed by atoms with E-state index in [2.05, 4.69) is 16.4 Å². The number of hydrogen-bond acceptors (Lipinski definition) is 6. The summed E-state index contributed by atoms with van der Waals surface area (Å²) in [6.07, 6.45) is 19.3. The van der Waals surface area contributed by atoms with Gasteiger partial charge in [-0.25, -0.2) is 0 Å². The van der Waals surface area contributed by atoms with Gasteiger partial charge in [-0.3, -0.25) is 9.59 Å². The lowest BCUT2D eigenvalue weighted by Gasteiger charge is -2.08. The second-order valence-electron chi connectivity index (χ2n) is 8.66. The van der Waals surface area contributed by atoms with Gasteiger partial charge in [0.25, 0.3) is 0 Å². The number of unbranched alkanes of at least 4 members (excludes halogenated alkanes) is 2. The van der Waals surface area contributed by atoms with Crippen molar-refractivity contribution < 1.29 is 68.2 Å². The molecule has 2 aromatic heterocycles. The first-order valence-electron chi connectivity index (χ1n) is 12.2. The van der Waals surface area contributed by atoms with Gasteiger partial charge in [-0.15, -0.1) is 9.13 Å². The van der Waals surface area contributed by atoms with Gasteiger partial charge < -0.3 is 49.5 Å². The van der Waals surface area contributed by atoms with Crippen molar-refractivity contribution in [3.8, 4) is 0 Å². The van der Waals surface area contributed by atoms with Crippen molar-refractivity contribution in [3.05, 3.63) is 71.8 Å². The molecule has 0 fully saturated rings. The fraction of sp³-hybridized carbons (Fsp3) is 0.407. The van der Waals surface area contributed by atoms with E-state index < -0.39 is 5.97 Å². The molecule has 1 atom stereocenters. The second kappa shape index (κ2) is 20.1. The van der Waals surface area contributed by atoms with Gasteiger partial charge in [0, 0.05) is 41.8 Å². The van der Waals surface area contributed by atoms with Crippen LogP contribution in [0.2, 0.25) is 0 Å². The third-order valence-corrected chi connectivity index (χ3v) is 6.04. The number of hydrogen-bond donors (Lipinski definition) is 3. The normalized spacial score (nSPS) is 13.3. The first-order valence-corrected chi connectivity index (χ1v) is 12.2. The van der Waals surface area contributed by atoms with E-state index in [1.165, 1.54) is 12.4 Å². The van der Waals surface area contributed by atoms with Crippen LogP contribution in [0.15, 0.2) is 71.0 Å². The van der Waals surface area contributed by atoms with Gasteiger partial charge in [-0.2, -0.15) is 0 Å². The zero-order valence-electron chi connectivity index (χ0n) is 21.5. The number of carboxylic acids is 1. The number of halogens is 2. The SMILES string of the molecule is CCC(CCCCCC1=CCCC1=O)C(=O)O.O/N=C\c1cc[n+](C[n+]2ccc(/C=N\O)cc2)cc1.[Br-].[Br-]. The molecule has 0 saturated heterocycles. The topological polar surface area (TPSA) is 127 Å². The maximum Gasteiger partial charge on any atom is 0.343 e. The highest BCUT2D eigenvalue weighted by molar-refractivity contribution is 5.97. The Morgan fingerprint density at radius 2 is 1.47 bits per heavy atom. The Morgan fingerprint density at radius 3 is 1.87 bits per heavy atom. The van der Waals surface area contributed by atoms with Crippen LogP contribution in [0.4, 0.5) is 0 Å². The Morgan fingerprint density at radius 1 is 0.947 bits per heavy atom. The predicted molar refractivity (Wildman–Crippen MR) is 134 cm³/mol. The van der Waals surface area contributed by atoms with Crippen LogP contribution in [0, 0.1) is 5.92 Å². The molecule has 1 aliphatic carbocycles. The van der Waals surface area contributed by atoms with E-state index in [0.717, 1.165) is 55.2 Å². The molecule has 2 heterocycles. The van der Waals surface area contributed by atoms with Gasteiger partial charge in [-0.1, -0.05) is 36.2 Å². The Kier molecular flexibility index (Phi) is 18.6. The molecule has 208 valence electrons. The molecule has 0 spiro atoms. The highest BCUT2D eigenvalue weighted by atomic mass is 79.9. The molecule has 9 nitrogen and oxygen atoms in total. The molecule has 1 unspecified atom stereocenters. The third kappa shape index (κ3) is 13.0. The van der Waals surface area contributed by atoms with Crippen molar-refractivity contribution in [3.63, 3.8) is 0 Å². The number of aliphatic carboxylic acids is 1. The fourth-order valence-electron chi connectivity index (χ4n) is 3.90. The van der Waals surface area contributed by atoms with Crippen LogP contribution in [0.3, 0.4) is 0 Å². The molecule has 11 heteroatoms. The Hall–Kier alpha value is -2.92. The van der Waals surface area contributed by atoms with Crippen molar-refractivity contribution in [2.45, 2.75) is 65.0 Å². The number of oxime groups is 2. The van der Waals surface area contributed by atoms with Gasteiger partial charge in [0.15, 0.2) is 30.6 Å². The summed E-state index contributed by atoms with van der Waals surface area (Å²) < 4.78 is 3.96. The smallest absolute Gasteiger partial charge is 0.343 e. The number of nitrogens with zero attached hydrogens (tertiary/aromatic N) is 4. The van der Waals surface area contributed by atoms with E-state index >= 15 is 0 Å². The number of carbonyl (C=O) groups is 2. The summed E-state index contributed by atoms with van der Waals surface area (Å²) in [5.41, 5.74) is 2.66. The minimum Gasteiger partial charge on any atom is -1.00 e. The van der Waals surface area contributed by atoms with Crippen molar-refractivity contribution in [2.75, 3.05) is 0 Å². The van der Waals surface area contributed by atoms with Crippen LogP contribution in [-0.2, 0) is 16.3 Å². The molecule has 1 aliphatic rings. The van der Waals surface area contributed by atoms with E-state index in [1.54, 1.807) is 0 Å². The van der Waals surface area contributed by atoms with Crippen LogP contribution in [0.25, 0.3) is 0 Å². The molecule has 3 N–H and O–H groups in total. The summed E-state index contributed by atoms with van der Waals surface area (Å²) in [6.45, 7) is 2.58. The average Bonchev–Trinajstić information content (AvgIpc) is 3.29. The maximum absolute atomic E-state index is 11.3. The average molecular weight is 656 g/mol. The van der Waals surface area contributed by atoms with Crippen LogP contribution in [-0.4, -0.2) is 39.7 Å². The number of pyridine rings is 2. The Balaban J connectivity index is 0.000000689. The van der Waals surface area contributed by atoms with E-state index in [4.69, 9.17) is 15.5 Å². The van der Waals surface area contributed by atoms with Crippen molar-refractivity contribution in [1.82, 2.24) is 0 Å². The largest absolute Gasteiger partial charge is 1.00 e. The molecule has 0 saturated carbocycles.